The first-order valence-corrected chi connectivity index (χ1v) is 12.7. The Kier molecular flexibility index (Phi) is 4.74. The number of nitrogens with one attached hydrogen (secondary N) is 1. The van der Waals surface area contributed by atoms with Crippen molar-refractivity contribution in [2.75, 3.05) is 0 Å². The molecule has 11 atom stereocenters. The molecule has 3 heterocycles. The lowest BCUT2D eigenvalue weighted by Crippen LogP contribution is -2.59. The van der Waals surface area contributed by atoms with E-state index in [-0.39, 0.29) is 53.3 Å². The Morgan fingerprint density at radius 3 is 2.64 bits per heavy atom. The molecule has 1 aromatic carbocycles. The molecule has 0 radical (unpaired) electrons. The van der Waals surface area contributed by atoms with E-state index in [4.69, 9.17) is 9.47 Å². The van der Waals surface area contributed by atoms with E-state index in [0.717, 1.165) is 19.3 Å². The van der Waals surface area contributed by atoms with Crippen molar-refractivity contribution in [3.05, 3.63) is 48.0 Å². The topological polar surface area (TPSA) is 71.2 Å². The smallest absolute Gasteiger partial charge is 0.235 e. The summed E-state index contributed by atoms with van der Waals surface area (Å²) in [5, 5.41) is 3.31. The number of benzene rings is 1. The second kappa shape index (κ2) is 7.26. The van der Waals surface area contributed by atoms with Crippen LogP contribution in [0.5, 0.6) is 0 Å². The lowest BCUT2D eigenvalue weighted by Gasteiger charge is -2.45. The lowest BCUT2D eigenvalue weighted by molar-refractivity contribution is -0.149. The Morgan fingerprint density at radius 1 is 1.12 bits per heavy atom. The molecule has 2 aliphatic carbocycles. The zero-order valence-corrected chi connectivity index (χ0v) is 20.0. The third-order valence-electron chi connectivity index (χ3n) is 9.54. The van der Waals surface area contributed by atoms with Crippen molar-refractivity contribution in [2.24, 2.45) is 35.0 Å². The van der Waals surface area contributed by atoms with E-state index in [1.54, 1.807) is 0 Å². The highest BCUT2D eigenvalue weighted by atomic mass is 16.6. The Hall–Kier alpha value is -1.98. The summed E-state index contributed by atoms with van der Waals surface area (Å²) in [5.74, 6) is 0.400. The van der Waals surface area contributed by atoms with Crippen LogP contribution < -0.4 is 5.32 Å². The van der Waals surface area contributed by atoms with Crippen LogP contribution in [0.4, 0.5) is 0 Å². The molecule has 5 nitrogen and oxygen atoms in total. The van der Waals surface area contributed by atoms with Gasteiger partial charge in [0.2, 0.25) is 5.91 Å². The van der Waals surface area contributed by atoms with Gasteiger partial charge in [0, 0.05) is 17.9 Å². The molecule has 5 heteroatoms. The molecule has 176 valence electrons. The molecule has 1 aromatic rings. The molecule has 1 saturated carbocycles. The van der Waals surface area contributed by atoms with Crippen molar-refractivity contribution in [3.8, 4) is 0 Å². The van der Waals surface area contributed by atoms with E-state index in [1.807, 2.05) is 18.2 Å². The maximum atomic E-state index is 14.3. The second-order valence-corrected chi connectivity index (χ2v) is 11.6. The zero-order valence-electron chi connectivity index (χ0n) is 20.0. The molecule has 1 spiro atoms. The fourth-order valence-corrected chi connectivity index (χ4v) is 7.66. The largest absolute Gasteiger partial charge is 0.365 e. The zero-order chi connectivity index (χ0) is 23.1. The minimum atomic E-state index is -1.12. The molecule has 6 rings (SSSR count). The van der Waals surface area contributed by atoms with E-state index < -0.39 is 11.5 Å². The minimum Gasteiger partial charge on any atom is -0.365 e. The summed E-state index contributed by atoms with van der Waals surface area (Å²) >= 11 is 0. The molecule has 0 aromatic heterocycles. The highest BCUT2D eigenvalue weighted by molar-refractivity contribution is 6.12. The van der Waals surface area contributed by atoms with Crippen LogP contribution in [0.25, 0.3) is 0 Å². The molecule has 1 N–H and O–H groups in total. The van der Waals surface area contributed by atoms with Gasteiger partial charge in [0.05, 0.1) is 17.8 Å². The van der Waals surface area contributed by atoms with Crippen molar-refractivity contribution in [3.63, 3.8) is 0 Å². The average Bonchev–Trinajstić information content (AvgIpc) is 3.68. The van der Waals surface area contributed by atoms with Crippen LogP contribution in [0.15, 0.2) is 42.5 Å². The number of ketones is 1. The Bertz CT molecular complexity index is 1010. The lowest BCUT2D eigenvalue weighted by atomic mass is 9.51. The van der Waals surface area contributed by atoms with E-state index in [0.29, 0.717) is 11.8 Å². The standard InChI is InChI=1S/C28H35NO4/c1-15-9-8-12-19-25-27(4,33-25)17(3)21-20(14-18-10-6-5-7-11-18)29-26(31)28(19,21)24(30)23-22(32-23)16(2)13-15/h5-8,10-12,15-17,19-23,25H,9,13-14H2,1-4H3,(H,29,31). The molecule has 5 aliphatic rings. The Balaban J connectivity index is 1.46. The molecular formula is C28H35NO4. The quantitative estimate of drug-likeness (QED) is 0.424. The molecular weight excluding hydrogens is 414 g/mol. The van der Waals surface area contributed by atoms with Gasteiger partial charge in [-0.1, -0.05) is 63.3 Å². The molecule has 0 bridgehead atoms. The average molecular weight is 450 g/mol. The van der Waals surface area contributed by atoms with Gasteiger partial charge < -0.3 is 14.8 Å². The highest BCUT2D eigenvalue weighted by Gasteiger charge is 2.80. The number of carbonyl (C=O) groups is 2. The van der Waals surface area contributed by atoms with Gasteiger partial charge in [0.25, 0.3) is 0 Å². The van der Waals surface area contributed by atoms with E-state index in [9.17, 15) is 9.59 Å². The van der Waals surface area contributed by atoms with Crippen molar-refractivity contribution >= 4 is 11.7 Å². The maximum Gasteiger partial charge on any atom is 0.235 e. The van der Waals surface area contributed by atoms with Crippen LogP contribution in [-0.2, 0) is 25.5 Å². The van der Waals surface area contributed by atoms with Gasteiger partial charge in [-0.3, -0.25) is 9.59 Å². The number of allylic oxidation sites excluding steroid dienone is 1. The molecule has 3 aliphatic heterocycles. The van der Waals surface area contributed by atoms with Gasteiger partial charge in [-0.15, -0.1) is 0 Å². The normalized spacial score (nSPS) is 50.2. The fourth-order valence-electron chi connectivity index (χ4n) is 7.66. The van der Waals surface area contributed by atoms with Crippen LogP contribution in [0.3, 0.4) is 0 Å². The predicted molar refractivity (Wildman–Crippen MR) is 124 cm³/mol. The molecule has 11 unspecified atom stereocenters. The number of epoxide rings is 2. The summed E-state index contributed by atoms with van der Waals surface area (Å²) < 4.78 is 12.4. The first-order chi connectivity index (χ1) is 15.8. The van der Waals surface area contributed by atoms with Gasteiger partial charge in [-0.2, -0.15) is 0 Å². The van der Waals surface area contributed by atoms with Crippen LogP contribution in [0, 0.1) is 35.0 Å². The fraction of sp³-hybridized carbons (Fsp3) is 0.643. The number of ether oxygens (including phenoxy) is 2. The molecule has 4 fully saturated rings. The van der Waals surface area contributed by atoms with Gasteiger partial charge in [-0.25, -0.2) is 0 Å². The van der Waals surface area contributed by atoms with Crippen LogP contribution >= 0.6 is 0 Å². The van der Waals surface area contributed by atoms with Crippen LogP contribution in [-0.4, -0.2) is 41.6 Å². The van der Waals surface area contributed by atoms with Crippen LogP contribution in [0.2, 0.25) is 0 Å². The van der Waals surface area contributed by atoms with Gasteiger partial charge >= 0.3 is 0 Å². The number of hydrogen-bond acceptors (Lipinski definition) is 4. The first-order valence-electron chi connectivity index (χ1n) is 12.7. The summed E-state index contributed by atoms with van der Waals surface area (Å²) in [6, 6.07) is 10.2. The summed E-state index contributed by atoms with van der Waals surface area (Å²) in [6.07, 6.45) is 6.41. The monoisotopic (exact) mass is 449 g/mol. The summed E-state index contributed by atoms with van der Waals surface area (Å²) in [7, 11) is 0. The Morgan fingerprint density at radius 2 is 1.88 bits per heavy atom. The highest BCUT2D eigenvalue weighted by Crippen LogP contribution is 2.66. The molecule has 3 saturated heterocycles. The third kappa shape index (κ3) is 2.97. The maximum absolute atomic E-state index is 14.3. The van der Waals surface area contributed by atoms with E-state index in [2.05, 4.69) is 57.3 Å². The van der Waals surface area contributed by atoms with Crippen molar-refractivity contribution in [2.45, 2.75) is 76.9 Å². The number of hydrogen-bond donors (Lipinski definition) is 1. The number of amides is 1. The summed E-state index contributed by atoms with van der Waals surface area (Å²) in [6.45, 7) is 8.79. The SMILES string of the molecule is CC1CC=CC2C3OC3(C)C(C)C3C(Cc4ccccc4)NC(=O)C23C(=O)C2OC2C(C)C1. The molecule has 33 heavy (non-hydrogen) atoms. The van der Waals surface area contributed by atoms with Crippen molar-refractivity contribution in [1.82, 2.24) is 5.32 Å². The summed E-state index contributed by atoms with van der Waals surface area (Å²) in [4.78, 5) is 28.3. The van der Waals surface area contributed by atoms with Gasteiger partial charge in [0.1, 0.15) is 11.5 Å². The van der Waals surface area contributed by atoms with Crippen LogP contribution in [0.1, 0.15) is 46.1 Å². The number of rotatable bonds is 2. The summed E-state index contributed by atoms with van der Waals surface area (Å²) in [5.41, 5.74) is -0.244. The van der Waals surface area contributed by atoms with E-state index >= 15 is 0 Å². The van der Waals surface area contributed by atoms with Gasteiger partial charge in [-0.05, 0) is 49.5 Å². The number of Topliss-reactive ketones (excluding diaryl/α,β-unsaturated/α-hetero) is 1. The van der Waals surface area contributed by atoms with Crippen molar-refractivity contribution < 1.29 is 19.1 Å². The van der Waals surface area contributed by atoms with E-state index in [1.165, 1.54) is 5.56 Å². The minimum absolute atomic E-state index is 0.00832. The molecule has 1 amide bonds. The Labute approximate surface area is 196 Å². The second-order valence-electron chi connectivity index (χ2n) is 11.6. The number of fused-ring (bicyclic) bond motifs is 3. The first kappa shape index (κ1) is 21.5. The third-order valence-corrected chi connectivity index (χ3v) is 9.54. The number of carbonyl (C=O) groups excluding carboxylic acids is 2. The van der Waals surface area contributed by atoms with Gasteiger partial charge in [0.15, 0.2) is 5.78 Å². The van der Waals surface area contributed by atoms with Crippen molar-refractivity contribution in [1.29, 1.82) is 0 Å². The predicted octanol–water partition coefficient (Wildman–Crippen LogP) is 3.71.